The van der Waals surface area contributed by atoms with Gasteiger partial charge in [-0.1, -0.05) is 12.1 Å². The van der Waals surface area contributed by atoms with Crippen LogP contribution in [0.1, 0.15) is 13.8 Å². The minimum Gasteiger partial charge on any atom is -0.384 e. The van der Waals surface area contributed by atoms with Crippen LogP contribution in [-0.2, 0) is 14.6 Å². The van der Waals surface area contributed by atoms with E-state index in [4.69, 9.17) is 10.5 Å². The van der Waals surface area contributed by atoms with E-state index in [0.717, 1.165) is 6.07 Å². The van der Waals surface area contributed by atoms with E-state index in [0.29, 0.717) is 31.0 Å². The Balaban J connectivity index is 1.89. The molecular formula is C18H20FN5O3S. The summed E-state index contributed by atoms with van der Waals surface area (Å²) in [6.45, 7) is 5.55. The number of nitrogens with one attached hydrogen (secondary N) is 1. The Morgan fingerprint density at radius 2 is 2.07 bits per heavy atom. The summed E-state index contributed by atoms with van der Waals surface area (Å²) in [6, 6.07) is 5.20. The number of aromatic nitrogens is 3. The van der Waals surface area contributed by atoms with Crippen LogP contribution in [0.4, 0.5) is 16.0 Å². The second kappa shape index (κ2) is 6.42. The molecule has 4 rings (SSSR count). The molecule has 3 heterocycles. The van der Waals surface area contributed by atoms with E-state index in [1.807, 2.05) is 18.7 Å². The number of aromatic amines is 1. The fourth-order valence-corrected chi connectivity index (χ4v) is 5.08. The zero-order chi connectivity index (χ0) is 20.1. The van der Waals surface area contributed by atoms with Crippen molar-refractivity contribution in [2.45, 2.75) is 29.2 Å². The molecule has 148 valence electrons. The Hall–Kier alpha value is -2.72. The Labute approximate surface area is 161 Å². The second-order valence-corrected chi connectivity index (χ2v) is 9.14. The summed E-state index contributed by atoms with van der Waals surface area (Å²) in [4.78, 5) is 4.24. The summed E-state index contributed by atoms with van der Waals surface area (Å²) in [5, 5.41) is 8.43. The quantitative estimate of drug-likeness (QED) is 0.686. The zero-order valence-corrected chi connectivity index (χ0v) is 16.3. The molecule has 28 heavy (non-hydrogen) atoms. The first kappa shape index (κ1) is 18.6. The van der Waals surface area contributed by atoms with E-state index < -0.39 is 20.5 Å². The van der Waals surface area contributed by atoms with Gasteiger partial charge in [-0.25, -0.2) is 12.8 Å². The van der Waals surface area contributed by atoms with Gasteiger partial charge < -0.3 is 20.4 Å². The van der Waals surface area contributed by atoms with Gasteiger partial charge in [0, 0.05) is 18.5 Å². The van der Waals surface area contributed by atoms with Crippen LogP contribution < -0.4 is 10.6 Å². The molecule has 0 aliphatic carbocycles. The van der Waals surface area contributed by atoms with Crippen molar-refractivity contribution >= 4 is 32.4 Å². The molecule has 3 aromatic rings. The first-order valence-corrected chi connectivity index (χ1v) is 10.2. The molecule has 1 aliphatic rings. The second-order valence-electron chi connectivity index (χ2n) is 7.29. The predicted octanol–water partition coefficient (Wildman–Crippen LogP) is 2.13. The lowest BCUT2D eigenvalue weighted by Gasteiger charge is -2.38. The average molecular weight is 405 g/mol. The van der Waals surface area contributed by atoms with Crippen LogP contribution in [0.2, 0.25) is 0 Å². The summed E-state index contributed by atoms with van der Waals surface area (Å²) in [5.74, 6) is -0.439. The third-order valence-electron chi connectivity index (χ3n) is 4.70. The topological polar surface area (TPSA) is 114 Å². The lowest BCUT2D eigenvalue weighted by atomic mass is 10.1. The third kappa shape index (κ3) is 2.98. The standard InChI is InChI=1S/C18H20FN5O3S/c1-18(2)10-24(7-8-27-18)17-14-11(9-21-23-17)15(16(20)22-14)28(25,26)13-6-4-3-5-12(13)19/h3-6,9,22H,7-8,10,20H2,1-2H3. The molecule has 0 radical (unpaired) electrons. The number of morpholine rings is 1. The molecule has 0 unspecified atom stereocenters. The first-order valence-electron chi connectivity index (χ1n) is 8.72. The molecule has 1 fully saturated rings. The minimum absolute atomic E-state index is 0.0816. The molecule has 0 atom stereocenters. The number of anilines is 2. The van der Waals surface area contributed by atoms with Gasteiger partial charge in [0.25, 0.3) is 0 Å². The van der Waals surface area contributed by atoms with E-state index in [9.17, 15) is 12.8 Å². The molecule has 1 aromatic carbocycles. The molecule has 3 N–H and O–H groups in total. The minimum atomic E-state index is -4.20. The van der Waals surface area contributed by atoms with E-state index in [1.54, 1.807) is 0 Å². The van der Waals surface area contributed by atoms with Crippen molar-refractivity contribution in [3.05, 3.63) is 36.3 Å². The van der Waals surface area contributed by atoms with Crippen LogP contribution in [0, 0.1) is 5.82 Å². The van der Waals surface area contributed by atoms with Crippen molar-refractivity contribution in [1.29, 1.82) is 0 Å². The fourth-order valence-electron chi connectivity index (χ4n) is 3.49. The molecule has 8 nitrogen and oxygen atoms in total. The first-order chi connectivity index (χ1) is 13.2. The molecule has 0 bridgehead atoms. The molecule has 1 saturated heterocycles. The summed E-state index contributed by atoms with van der Waals surface area (Å²) in [6.07, 6.45) is 1.32. The van der Waals surface area contributed by atoms with Crippen LogP contribution in [0.5, 0.6) is 0 Å². The van der Waals surface area contributed by atoms with E-state index >= 15 is 0 Å². The van der Waals surface area contributed by atoms with Gasteiger partial charge in [-0.05, 0) is 26.0 Å². The highest BCUT2D eigenvalue weighted by molar-refractivity contribution is 7.92. The number of ether oxygens (including phenoxy) is 1. The van der Waals surface area contributed by atoms with Crippen LogP contribution in [0.25, 0.3) is 10.9 Å². The molecular weight excluding hydrogens is 385 g/mol. The number of fused-ring (bicyclic) bond motifs is 1. The summed E-state index contributed by atoms with van der Waals surface area (Å²) in [5.41, 5.74) is 6.08. The van der Waals surface area contributed by atoms with Crippen LogP contribution in [-0.4, -0.2) is 48.9 Å². The largest absolute Gasteiger partial charge is 0.384 e. The Morgan fingerprint density at radius 1 is 1.32 bits per heavy atom. The number of sulfone groups is 1. The molecule has 2 aromatic heterocycles. The summed E-state index contributed by atoms with van der Waals surface area (Å²) in [7, 11) is -4.20. The van der Waals surface area contributed by atoms with Gasteiger partial charge in [0.05, 0.1) is 23.9 Å². The lowest BCUT2D eigenvalue weighted by Crippen LogP contribution is -2.48. The zero-order valence-electron chi connectivity index (χ0n) is 15.4. The van der Waals surface area contributed by atoms with Crippen molar-refractivity contribution in [2.24, 2.45) is 0 Å². The maximum Gasteiger partial charge on any atom is 0.213 e. The maximum atomic E-state index is 14.2. The van der Waals surface area contributed by atoms with Crippen molar-refractivity contribution < 1.29 is 17.5 Å². The van der Waals surface area contributed by atoms with E-state index in [2.05, 4.69) is 15.2 Å². The van der Waals surface area contributed by atoms with Crippen LogP contribution in [0.3, 0.4) is 0 Å². The highest BCUT2D eigenvalue weighted by Gasteiger charge is 2.32. The van der Waals surface area contributed by atoms with Gasteiger partial charge in [0.1, 0.15) is 21.4 Å². The summed E-state index contributed by atoms with van der Waals surface area (Å²) < 4.78 is 46.1. The Morgan fingerprint density at radius 3 is 2.79 bits per heavy atom. The maximum absolute atomic E-state index is 14.2. The summed E-state index contributed by atoms with van der Waals surface area (Å²) >= 11 is 0. The average Bonchev–Trinajstić information content (AvgIpc) is 2.97. The van der Waals surface area contributed by atoms with Gasteiger partial charge in [-0.3, -0.25) is 0 Å². The van der Waals surface area contributed by atoms with Gasteiger partial charge in [-0.15, -0.1) is 5.10 Å². The predicted molar refractivity (Wildman–Crippen MR) is 102 cm³/mol. The Bertz CT molecular complexity index is 1160. The van der Waals surface area contributed by atoms with Crippen molar-refractivity contribution in [2.75, 3.05) is 30.3 Å². The molecule has 0 amide bonds. The van der Waals surface area contributed by atoms with Crippen LogP contribution in [0.15, 0.2) is 40.3 Å². The molecule has 1 aliphatic heterocycles. The number of hydrogen-bond acceptors (Lipinski definition) is 7. The number of hydrogen-bond donors (Lipinski definition) is 2. The van der Waals surface area contributed by atoms with Gasteiger partial charge in [0.15, 0.2) is 5.82 Å². The molecule has 0 saturated carbocycles. The van der Waals surface area contributed by atoms with Crippen molar-refractivity contribution in [3.63, 3.8) is 0 Å². The van der Waals surface area contributed by atoms with Crippen molar-refractivity contribution in [3.8, 4) is 0 Å². The third-order valence-corrected chi connectivity index (χ3v) is 6.59. The van der Waals surface area contributed by atoms with Crippen molar-refractivity contribution in [1.82, 2.24) is 15.2 Å². The highest BCUT2D eigenvalue weighted by atomic mass is 32.2. The number of benzene rings is 1. The number of H-pyrrole nitrogens is 1. The Kier molecular flexibility index (Phi) is 4.27. The monoisotopic (exact) mass is 405 g/mol. The molecule has 0 spiro atoms. The van der Waals surface area contributed by atoms with Gasteiger partial charge >= 0.3 is 0 Å². The smallest absolute Gasteiger partial charge is 0.213 e. The SMILES string of the molecule is CC1(C)CN(c2nncc3c(S(=O)(=O)c4ccccc4F)c(N)[nH]c23)CCO1. The van der Waals surface area contributed by atoms with Gasteiger partial charge in [0.2, 0.25) is 9.84 Å². The number of nitrogens with zero attached hydrogens (tertiary/aromatic N) is 3. The number of nitrogen functional groups attached to an aromatic ring is 1. The normalized spacial score (nSPS) is 17.2. The number of rotatable bonds is 3. The van der Waals surface area contributed by atoms with Gasteiger partial charge in [-0.2, -0.15) is 5.10 Å². The number of halogens is 1. The lowest BCUT2D eigenvalue weighted by molar-refractivity contribution is -0.0278. The number of nitrogens with two attached hydrogens (primary N) is 1. The van der Waals surface area contributed by atoms with Crippen LogP contribution >= 0.6 is 0 Å². The van der Waals surface area contributed by atoms with E-state index in [-0.39, 0.29) is 21.7 Å². The fraction of sp³-hybridized carbons (Fsp3) is 0.333. The van der Waals surface area contributed by atoms with E-state index in [1.165, 1.54) is 24.4 Å². The molecule has 10 heteroatoms. The highest BCUT2D eigenvalue weighted by Crippen LogP contribution is 2.37.